The molecular weight excluding hydrogens is 355 g/mol. The van der Waals surface area contributed by atoms with Crippen LogP contribution >= 0.6 is 0 Å². The van der Waals surface area contributed by atoms with Gasteiger partial charge in [0.15, 0.2) is 0 Å². The van der Waals surface area contributed by atoms with Crippen molar-refractivity contribution in [1.29, 1.82) is 0 Å². The number of carbonyl (C=O) groups excluding carboxylic acids is 1. The minimum atomic E-state index is -0.308. The van der Waals surface area contributed by atoms with Crippen LogP contribution in [0.25, 0.3) is 16.6 Å². The zero-order valence-corrected chi connectivity index (χ0v) is 15.2. The summed E-state index contributed by atoms with van der Waals surface area (Å²) in [6.07, 6.45) is 4.30. The number of rotatable bonds is 3. The fourth-order valence-corrected chi connectivity index (χ4v) is 3.97. The maximum atomic E-state index is 14.2. The van der Waals surface area contributed by atoms with Gasteiger partial charge in [0.1, 0.15) is 17.2 Å². The number of hydrogen-bond acceptors (Lipinski definition) is 2. The topological polar surface area (TPSA) is 62.7 Å². The number of nitrogens with one attached hydrogen (secondary N) is 2. The monoisotopic (exact) mass is 374 g/mol. The molecule has 4 aromatic rings. The molecule has 2 heterocycles. The molecule has 1 aliphatic carbocycles. The number of halogens is 1. The molecule has 2 aromatic heterocycles. The zero-order chi connectivity index (χ0) is 19.1. The lowest BCUT2D eigenvalue weighted by Crippen LogP contribution is -2.31. The highest BCUT2D eigenvalue weighted by molar-refractivity contribution is 5.98. The summed E-state index contributed by atoms with van der Waals surface area (Å²) in [6.45, 7) is 0. The van der Waals surface area contributed by atoms with Crippen molar-refractivity contribution in [3.8, 4) is 5.69 Å². The van der Waals surface area contributed by atoms with E-state index in [-0.39, 0.29) is 17.8 Å². The summed E-state index contributed by atoms with van der Waals surface area (Å²) in [7, 11) is 0. The molecule has 1 atom stereocenters. The van der Waals surface area contributed by atoms with Crippen LogP contribution in [0.2, 0.25) is 0 Å². The van der Waals surface area contributed by atoms with E-state index in [0.717, 1.165) is 41.4 Å². The molecule has 0 bridgehead atoms. The minimum Gasteiger partial charge on any atom is -0.351 e. The van der Waals surface area contributed by atoms with Gasteiger partial charge in [0.05, 0.1) is 12.2 Å². The number of amides is 1. The van der Waals surface area contributed by atoms with E-state index in [4.69, 9.17) is 0 Å². The third kappa shape index (κ3) is 2.78. The number of aromatic nitrogens is 3. The molecule has 5 nitrogen and oxygen atoms in total. The Kier molecular flexibility index (Phi) is 3.97. The summed E-state index contributed by atoms with van der Waals surface area (Å²) >= 11 is 0. The van der Waals surface area contributed by atoms with Gasteiger partial charge in [-0.3, -0.25) is 4.79 Å². The van der Waals surface area contributed by atoms with E-state index in [9.17, 15) is 9.18 Å². The van der Waals surface area contributed by atoms with E-state index in [1.807, 2.05) is 30.3 Å². The van der Waals surface area contributed by atoms with Crippen molar-refractivity contribution in [2.24, 2.45) is 0 Å². The molecule has 6 heteroatoms. The van der Waals surface area contributed by atoms with Crippen molar-refractivity contribution in [1.82, 2.24) is 20.1 Å². The molecule has 0 aliphatic heterocycles. The van der Waals surface area contributed by atoms with Crippen LogP contribution in [-0.4, -0.2) is 20.7 Å². The van der Waals surface area contributed by atoms with Gasteiger partial charge in [0.2, 0.25) is 0 Å². The number of carbonyl (C=O) groups is 1. The van der Waals surface area contributed by atoms with E-state index < -0.39 is 0 Å². The smallest absolute Gasteiger partial charge is 0.268 e. The van der Waals surface area contributed by atoms with Gasteiger partial charge >= 0.3 is 0 Å². The molecule has 5 rings (SSSR count). The number of fused-ring (bicyclic) bond motifs is 2. The molecule has 0 radical (unpaired) electrons. The summed E-state index contributed by atoms with van der Waals surface area (Å²) in [4.78, 5) is 16.0. The van der Waals surface area contributed by atoms with Crippen LogP contribution in [0.5, 0.6) is 0 Å². The molecule has 1 aliphatic rings. The Morgan fingerprint density at radius 2 is 2.00 bits per heavy atom. The molecule has 28 heavy (non-hydrogen) atoms. The van der Waals surface area contributed by atoms with Crippen LogP contribution in [0.15, 0.2) is 60.8 Å². The molecule has 0 fully saturated rings. The van der Waals surface area contributed by atoms with E-state index in [1.165, 1.54) is 6.07 Å². The molecular formula is C22H19FN4O. The predicted molar refractivity (Wildman–Crippen MR) is 105 cm³/mol. The molecule has 0 saturated heterocycles. The summed E-state index contributed by atoms with van der Waals surface area (Å²) in [6, 6.07) is 16.1. The van der Waals surface area contributed by atoms with Gasteiger partial charge in [-0.1, -0.05) is 30.3 Å². The summed E-state index contributed by atoms with van der Waals surface area (Å²) in [5, 5.41) is 8.53. The van der Waals surface area contributed by atoms with Crippen LogP contribution in [0.4, 0.5) is 4.39 Å². The Bertz CT molecular complexity index is 1140. The van der Waals surface area contributed by atoms with Crippen LogP contribution in [0.3, 0.4) is 0 Å². The zero-order valence-electron chi connectivity index (χ0n) is 15.2. The molecule has 0 unspecified atom stereocenters. The van der Waals surface area contributed by atoms with Gasteiger partial charge < -0.3 is 10.3 Å². The normalized spacial score (nSPS) is 16.1. The second kappa shape index (κ2) is 6.64. The van der Waals surface area contributed by atoms with Gasteiger partial charge in [0.25, 0.3) is 5.91 Å². The maximum Gasteiger partial charge on any atom is 0.268 e. The standard InChI is InChI=1S/C22H19FN4O/c23-16-7-2-4-10-21(16)27-20-11-5-9-18(15(20)13-24-27)26-22(28)19-12-14-6-1-3-8-17(14)25-19/h1-4,6-8,10,12-13,18,25H,5,9,11H2,(H,26,28)/t18-/m1/s1. The van der Waals surface area contributed by atoms with Gasteiger partial charge in [-0.15, -0.1) is 0 Å². The van der Waals surface area contributed by atoms with Gasteiger partial charge in [-0.2, -0.15) is 5.10 Å². The number of aromatic amines is 1. The Hall–Kier alpha value is -3.41. The second-order valence-corrected chi connectivity index (χ2v) is 7.10. The number of nitrogens with zero attached hydrogens (tertiary/aromatic N) is 2. The Balaban J connectivity index is 1.44. The highest BCUT2D eigenvalue weighted by Crippen LogP contribution is 2.32. The highest BCUT2D eigenvalue weighted by Gasteiger charge is 2.27. The fraction of sp³-hybridized carbons (Fsp3) is 0.182. The Labute approximate surface area is 161 Å². The molecule has 2 aromatic carbocycles. The summed E-state index contributed by atoms with van der Waals surface area (Å²) < 4.78 is 15.9. The average Bonchev–Trinajstić information content (AvgIpc) is 3.33. The first-order chi connectivity index (χ1) is 13.7. The molecule has 0 spiro atoms. The quantitative estimate of drug-likeness (QED) is 0.562. The first-order valence-electron chi connectivity index (χ1n) is 9.41. The van der Waals surface area contributed by atoms with E-state index in [0.29, 0.717) is 11.4 Å². The minimum absolute atomic E-state index is 0.136. The van der Waals surface area contributed by atoms with E-state index >= 15 is 0 Å². The van der Waals surface area contributed by atoms with Crippen molar-refractivity contribution in [3.63, 3.8) is 0 Å². The van der Waals surface area contributed by atoms with Crippen LogP contribution in [0, 0.1) is 5.82 Å². The van der Waals surface area contributed by atoms with Crippen LogP contribution in [-0.2, 0) is 6.42 Å². The maximum absolute atomic E-state index is 14.2. The number of benzene rings is 2. The lowest BCUT2D eigenvalue weighted by Gasteiger charge is -2.24. The summed E-state index contributed by atoms with van der Waals surface area (Å²) in [5.74, 6) is -0.453. The van der Waals surface area contributed by atoms with Crippen molar-refractivity contribution in [3.05, 3.63) is 83.6 Å². The van der Waals surface area contributed by atoms with Gasteiger partial charge in [0, 0.05) is 22.2 Å². The molecule has 1 amide bonds. The van der Waals surface area contributed by atoms with Gasteiger partial charge in [-0.05, 0) is 43.5 Å². The lowest BCUT2D eigenvalue weighted by atomic mass is 9.92. The molecule has 140 valence electrons. The first kappa shape index (κ1) is 16.7. The van der Waals surface area contributed by atoms with Crippen molar-refractivity contribution < 1.29 is 9.18 Å². The first-order valence-corrected chi connectivity index (χ1v) is 9.41. The predicted octanol–water partition coefficient (Wildman–Crippen LogP) is 4.30. The van der Waals surface area contributed by atoms with Crippen molar-refractivity contribution >= 4 is 16.8 Å². The average molecular weight is 374 g/mol. The Morgan fingerprint density at radius 3 is 2.86 bits per heavy atom. The van der Waals surface area contributed by atoms with Crippen LogP contribution < -0.4 is 5.32 Å². The second-order valence-electron chi connectivity index (χ2n) is 7.10. The third-order valence-electron chi connectivity index (χ3n) is 5.34. The summed E-state index contributed by atoms with van der Waals surface area (Å²) in [5.41, 5.74) is 3.82. The lowest BCUT2D eigenvalue weighted by molar-refractivity contribution is 0.0928. The van der Waals surface area contributed by atoms with E-state index in [1.54, 1.807) is 29.1 Å². The molecule has 0 saturated carbocycles. The highest BCUT2D eigenvalue weighted by atomic mass is 19.1. The number of H-pyrrole nitrogens is 1. The fourth-order valence-electron chi connectivity index (χ4n) is 3.97. The van der Waals surface area contributed by atoms with Gasteiger partial charge in [-0.25, -0.2) is 9.07 Å². The molecule has 2 N–H and O–H groups in total. The Morgan fingerprint density at radius 1 is 1.18 bits per heavy atom. The SMILES string of the molecule is O=C(N[C@@H]1CCCc2c1cnn2-c1ccccc1F)c1cc2ccccc2[nH]1. The third-order valence-corrected chi connectivity index (χ3v) is 5.34. The largest absolute Gasteiger partial charge is 0.351 e. The van der Waals surface area contributed by atoms with Crippen LogP contribution in [0.1, 0.15) is 40.6 Å². The van der Waals surface area contributed by atoms with Crippen molar-refractivity contribution in [2.75, 3.05) is 0 Å². The number of hydrogen-bond donors (Lipinski definition) is 2. The van der Waals surface area contributed by atoms with Crippen molar-refractivity contribution in [2.45, 2.75) is 25.3 Å². The van der Waals surface area contributed by atoms with E-state index in [2.05, 4.69) is 15.4 Å². The number of para-hydroxylation sites is 2.